The predicted molar refractivity (Wildman–Crippen MR) is 124 cm³/mol. The number of hydrogen-bond acceptors (Lipinski definition) is 4. The first-order valence-corrected chi connectivity index (χ1v) is 12.4. The van der Waals surface area contributed by atoms with Gasteiger partial charge in [0.25, 0.3) is 0 Å². The zero-order valence-corrected chi connectivity index (χ0v) is 19.5. The highest BCUT2D eigenvalue weighted by molar-refractivity contribution is 6.30. The fourth-order valence-electron chi connectivity index (χ4n) is 5.35. The number of nitrogens with one attached hydrogen (secondary N) is 1. The van der Waals surface area contributed by atoms with Crippen LogP contribution in [0, 0.1) is 11.7 Å². The average molecular weight is 473 g/mol. The van der Waals surface area contributed by atoms with Gasteiger partial charge < -0.3 is 15.0 Å². The molecule has 8 heteroatoms. The molecular weight excluding hydrogens is 443 g/mol. The Labute approximate surface area is 198 Å². The maximum atomic E-state index is 14.0. The molecule has 1 saturated heterocycles. The normalized spacial score (nSPS) is 23.4. The van der Waals surface area contributed by atoms with Crippen LogP contribution in [0.1, 0.15) is 60.7 Å². The summed E-state index contributed by atoms with van der Waals surface area (Å²) in [5.41, 5.74) is 2.98. The number of halogens is 2. The minimum atomic E-state index is -0.407. The van der Waals surface area contributed by atoms with Crippen molar-refractivity contribution in [1.82, 2.24) is 20.2 Å². The summed E-state index contributed by atoms with van der Waals surface area (Å²) < 4.78 is 19.4. The number of carbonyl (C=O) groups excluding carboxylic acids is 1. The predicted octanol–water partition coefficient (Wildman–Crippen LogP) is 4.64. The highest BCUT2D eigenvalue weighted by atomic mass is 35.5. The number of ether oxygens (including phenoxy) is 1. The van der Waals surface area contributed by atoms with Gasteiger partial charge in [0, 0.05) is 44.3 Å². The molecule has 1 N–H and O–H groups in total. The quantitative estimate of drug-likeness (QED) is 0.703. The van der Waals surface area contributed by atoms with Crippen LogP contribution in [-0.2, 0) is 24.1 Å². The summed E-state index contributed by atoms with van der Waals surface area (Å²) in [7, 11) is 0. The second-order valence-electron chi connectivity index (χ2n) is 9.46. The van der Waals surface area contributed by atoms with Crippen LogP contribution in [0.15, 0.2) is 24.4 Å². The monoisotopic (exact) mass is 472 g/mol. The molecule has 0 spiro atoms. The molecule has 1 aromatic heterocycles. The lowest BCUT2D eigenvalue weighted by Crippen LogP contribution is -2.47. The number of aromatic nitrogens is 2. The second-order valence-corrected chi connectivity index (χ2v) is 9.86. The Hall–Kier alpha value is -2.25. The van der Waals surface area contributed by atoms with E-state index < -0.39 is 5.82 Å². The van der Waals surface area contributed by atoms with Gasteiger partial charge in [-0.1, -0.05) is 24.1 Å². The number of hydrogen-bond donors (Lipinski definition) is 1. The van der Waals surface area contributed by atoms with E-state index in [1.54, 1.807) is 6.07 Å². The molecule has 33 heavy (non-hydrogen) atoms. The minimum absolute atomic E-state index is 0.00560. The van der Waals surface area contributed by atoms with Gasteiger partial charge in [-0.25, -0.2) is 19.2 Å². The highest BCUT2D eigenvalue weighted by Crippen LogP contribution is 2.36. The van der Waals surface area contributed by atoms with Crippen molar-refractivity contribution >= 4 is 17.6 Å². The van der Waals surface area contributed by atoms with Crippen molar-refractivity contribution in [3.63, 3.8) is 0 Å². The molecule has 1 aromatic carbocycles. The van der Waals surface area contributed by atoms with Gasteiger partial charge in [0.2, 0.25) is 0 Å². The Morgan fingerprint density at radius 2 is 2.09 bits per heavy atom. The summed E-state index contributed by atoms with van der Waals surface area (Å²) in [5.74, 6) is 1.13. The molecule has 3 aliphatic rings. The molecule has 3 heterocycles. The zero-order valence-electron chi connectivity index (χ0n) is 18.7. The third-order valence-corrected chi connectivity index (χ3v) is 7.60. The number of benzene rings is 1. The summed E-state index contributed by atoms with van der Waals surface area (Å²) in [6.45, 7) is 2.77. The lowest BCUT2D eigenvalue weighted by atomic mass is 9.94. The molecule has 2 atom stereocenters. The van der Waals surface area contributed by atoms with Gasteiger partial charge in [0.05, 0.1) is 17.3 Å². The van der Waals surface area contributed by atoms with Crippen molar-refractivity contribution < 1.29 is 13.9 Å². The van der Waals surface area contributed by atoms with Crippen molar-refractivity contribution in [3.8, 4) is 0 Å². The third-order valence-electron chi connectivity index (χ3n) is 7.29. The number of nitrogens with zero attached hydrogens (tertiary/aromatic N) is 3. The van der Waals surface area contributed by atoms with Gasteiger partial charge in [-0.05, 0) is 61.3 Å². The molecule has 1 aliphatic carbocycles. The highest BCUT2D eigenvalue weighted by Gasteiger charge is 2.32. The van der Waals surface area contributed by atoms with E-state index in [1.807, 2.05) is 17.2 Å². The molecule has 176 valence electrons. The molecule has 2 aromatic rings. The Bertz CT molecular complexity index is 1010. The molecule has 2 fully saturated rings. The van der Waals surface area contributed by atoms with Crippen LogP contribution in [0.25, 0.3) is 0 Å². The molecule has 2 aliphatic heterocycles. The van der Waals surface area contributed by atoms with Gasteiger partial charge in [-0.15, -0.1) is 0 Å². The third kappa shape index (κ3) is 5.14. The number of rotatable bonds is 4. The first-order valence-electron chi connectivity index (χ1n) is 12.0. The Morgan fingerprint density at radius 3 is 2.91 bits per heavy atom. The Balaban J connectivity index is 1.23. The maximum absolute atomic E-state index is 14.0. The van der Waals surface area contributed by atoms with Crippen LogP contribution in [0.4, 0.5) is 9.18 Å². The van der Waals surface area contributed by atoms with Gasteiger partial charge in [-0.3, -0.25) is 0 Å². The summed E-state index contributed by atoms with van der Waals surface area (Å²) in [6.07, 6.45) is 8.49. The Morgan fingerprint density at radius 1 is 1.24 bits per heavy atom. The molecule has 0 unspecified atom stereocenters. The van der Waals surface area contributed by atoms with Gasteiger partial charge in [0.1, 0.15) is 11.6 Å². The summed E-state index contributed by atoms with van der Waals surface area (Å²) in [6, 6.07) is 4.90. The van der Waals surface area contributed by atoms with Crippen molar-refractivity contribution in [2.75, 3.05) is 19.8 Å². The molecule has 2 amide bonds. The van der Waals surface area contributed by atoms with E-state index in [1.165, 1.54) is 6.07 Å². The van der Waals surface area contributed by atoms with Crippen LogP contribution in [0.3, 0.4) is 0 Å². The smallest absolute Gasteiger partial charge is 0.317 e. The van der Waals surface area contributed by atoms with E-state index in [9.17, 15) is 9.18 Å². The van der Waals surface area contributed by atoms with E-state index in [0.717, 1.165) is 80.8 Å². The lowest BCUT2D eigenvalue weighted by molar-refractivity contribution is 0.0659. The minimum Gasteiger partial charge on any atom is -0.381 e. The number of urea groups is 1. The fraction of sp³-hybridized carbons (Fsp3) is 0.560. The van der Waals surface area contributed by atoms with E-state index in [-0.39, 0.29) is 23.0 Å². The number of amides is 2. The molecule has 6 nitrogen and oxygen atoms in total. The van der Waals surface area contributed by atoms with Crippen LogP contribution < -0.4 is 5.32 Å². The van der Waals surface area contributed by atoms with Crippen LogP contribution in [0.5, 0.6) is 0 Å². The van der Waals surface area contributed by atoms with Gasteiger partial charge >= 0.3 is 6.03 Å². The SMILES string of the molecule is O=C(N[C@@H]1CCC[C@H]1c1ccc(Cl)c(F)c1)N1CCc2cnc(CC3CCOCC3)nc2C1. The van der Waals surface area contributed by atoms with Crippen molar-refractivity contribution in [2.24, 2.45) is 5.92 Å². The summed E-state index contributed by atoms with van der Waals surface area (Å²) in [5, 5.41) is 3.34. The van der Waals surface area contributed by atoms with Crippen molar-refractivity contribution in [3.05, 3.63) is 57.9 Å². The van der Waals surface area contributed by atoms with Gasteiger partial charge in [-0.2, -0.15) is 0 Å². The largest absolute Gasteiger partial charge is 0.381 e. The van der Waals surface area contributed by atoms with E-state index in [4.69, 9.17) is 21.3 Å². The molecule has 1 saturated carbocycles. The molecular formula is C25H30ClFN4O2. The molecule has 0 bridgehead atoms. The number of carbonyl (C=O) groups is 1. The van der Waals surface area contributed by atoms with E-state index >= 15 is 0 Å². The summed E-state index contributed by atoms with van der Waals surface area (Å²) >= 11 is 5.85. The van der Waals surface area contributed by atoms with Crippen molar-refractivity contribution in [2.45, 2.75) is 63.5 Å². The maximum Gasteiger partial charge on any atom is 0.317 e. The Kier molecular flexibility index (Phi) is 6.79. The molecule has 0 radical (unpaired) electrons. The van der Waals surface area contributed by atoms with Crippen LogP contribution in [-0.4, -0.2) is 46.7 Å². The summed E-state index contributed by atoms with van der Waals surface area (Å²) in [4.78, 5) is 24.4. The average Bonchev–Trinajstić information content (AvgIpc) is 3.29. The standard InChI is InChI=1S/C25H30ClFN4O2/c26-20-5-4-17(13-21(20)27)19-2-1-3-22(19)30-25(32)31-9-6-18-14-28-24(29-23(18)15-31)12-16-7-10-33-11-8-16/h4-5,13-14,16,19,22H,1-3,6-12,15H2,(H,30,32)/t19-,22+/m0/s1. The first-order chi connectivity index (χ1) is 16.1. The van der Waals surface area contributed by atoms with Crippen LogP contribution >= 0.6 is 11.6 Å². The van der Waals surface area contributed by atoms with E-state index in [2.05, 4.69) is 10.3 Å². The molecule has 5 rings (SSSR count). The zero-order chi connectivity index (χ0) is 22.8. The van der Waals surface area contributed by atoms with Crippen molar-refractivity contribution in [1.29, 1.82) is 0 Å². The van der Waals surface area contributed by atoms with Gasteiger partial charge in [0.15, 0.2) is 0 Å². The topological polar surface area (TPSA) is 67.4 Å². The second kappa shape index (κ2) is 9.94. The fourth-order valence-corrected chi connectivity index (χ4v) is 5.47. The number of fused-ring (bicyclic) bond motifs is 1. The first kappa shape index (κ1) is 22.5. The van der Waals surface area contributed by atoms with Crippen LogP contribution in [0.2, 0.25) is 5.02 Å². The lowest BCUT2D eigenvalue weighted by Gasteiger charge is -2.31. The van der Waals surface area contributed by atoms with E-state index in [0.29, 0.717) is 19.0 Å².